The lowest BCUT2D eigenvalue weighted by Gasteiger charge is -2.21. The first-order chi connectivity index (χ1) is 9.74. The average Bonchev–Trinajstić information content (AvgIpc) is 2.53. The van der Waals surface area contributed by atoms with Crippen molar-refractivity contribution in [2.75, 3.05) is 12.4 Å². The highest BCUT2D eigenvalue weighted by Crippen LogP contribution is 2.27. The molecule has 0 aliphatic rings. The van der Waals surface area contributed by atoms with Crippen LogP contribution in [0.15, 0.2) is 79.4 Å². The number of ether oxygens (including phenoxy) is 1. The molecule has 0 saturated heterocycles. The van der Waals surface area contributed by atoms with E-state index in [1.807, 2.05) is 42.5 Å². The molecule has 2 heteroatoms. The van der Waals surface area contributed by atoms with Gasteiger partial charge < -0.3 is 10.1 Å². The second-order valence-electron chi connectivity index (χ2n) is 4.50. The van der Waals surface area contributed by atoms with Gasteiger partial charge in [-0.3, -0.25) is 0 Å². The zero-order chi connectivity index (χ0) is 14.4. The number of rotatable bonds is 6. The topological polar surface area (TPSA) is 21.3 Å². The molecule has 1 unspecified atom stereocenters. The SMILES string of the molecule is C=CC(=C)C(Nc1ccc(OC)cc1)c1ccccc1. The van der Waals surface area contributed by atoms with Crippen molar-refractivity contribution < 1.29 is 4.74 Å². The second kappa shape index (κ2) is 6.62. The minimum absolute atomic E-state index is 0.0158. The van der Waals surface area contributed by atoms with Crippen molar-refractivity contribution >= 4 is 5.69 Å². The Bertz CT molecular complexity index is 572. The van der Waals surface area contributed by atoms with Crippen LogP contribution in [0.2, 0.25) is 0 Å². The van der Waals surface area contributed by atoms with Crippen molar-refractivity contribution in [3.63, 3.8) is 0 Å². The smallest absolute Gasteiger partial charge is 0.119 e. The molecule has 2 aromatic rings. The summed E-state index contributed by atoms with van der Waals surface area (Å²) in [6.07, 6.45) is 1.79. The maximum atomic E-state index is 5.17. The number of hydrogen-bond acceptors (Lipinski definition) is 2. The highest BCUT2D eigenvalue weighted by Gasteiger charge is 2.12. The van der Waals surface area contributed by atoms with E-state index >= 15 is 0 Å². The molecule has 2 rings (SSSR count). The van der Waals surface area contributed by atoms with Gasteiger partial charge in [0.25, 0.3) is 0 Å². The van der Waals surface area contributed by atoms with Crippen LogP contribution in [-0.2, 0) is 0 Å². The number of hydrogen-bond donors (Lipinski definition) is 1. The van der Waals surface area contributed by atoms with Crippen molar-refractivity contribution in [2.24, 2.45) is 0 Å². The molecular formula is C18H19NO. The van der Waals surface area contributed by atoms with E-state index in [-0.39, 0.29) is 6.04 Å². The Labute approximate surface area is 120 Å². The Hall–Kier alpha value is -2.48. The van der Waals surface area contributed by atoms with Crippen LogP contribution in [0, 0.1) is 0 Å². The number of anilines is 1. The summed E-state index contributed by atoms with van der Waals surface area (Å²) in [5.41, 5.74) is 3.11. The Morgan fingerprint density at radius 2 is 1.75 bits per heavy atom. The largest absolute Gasteiger partial charge is 0.497 e. The van der Waals surface area contributed by atoms with Crippen LogP contribution in [0.4, 0.5) is 5.69 Å². The minimum atomic E-state index is 0.0158. The van der Waals surface area contributed by atoms with Gasteiger partial charge in [0.05, 0.1) is 13.2 Å². The first-order valence-corrected chi connectivity index (χ1v) is 6.51. The Balaban J connectivity index is 2.23. The van der Waals surface area contributed by atoms with Crippen molar-refractivity contribution in [3.05, 3.63) is 85.0 Å². The van der Waals surface area contributed by atoms with Crippen molar-refractivity contribution in [2.45, 2.75) is 6.04 Å². The van der Waals surface area contributed by atoms with E-state index in [1.165, 1.54) is 0 Å². The number of nitrogens with one attached hydrogen (secondary N) is 1. The van der Waals surface area contributed by atoms with Gasteiger partial charge in [0, 0.05) is 5.69 Å². The van der Waals surface area contributed by atoms with Gasteiger partial charge in [0.15, 0.2) is 0 Å². The van der Waals surface area contributed by atoms with Crippen LogP contribution in [0.1, 0.15) is 11.6 Å². The lowest BCUT2D eigenvalue weighted by Crippen LogP contribution is -2.11. The maximum Gasteiger partial charge on any atom is 0.119 e. The van der Waals surface area contributed by atoms with Crippen LogP contribution >= 0.6 is 0 Å². The van der Waals surface area contributed by atoms with Crippen LogP contribution < -0.4 is 10.1 Å². The molecule has 0 aromatic heterocycles. The monoisotopic (exact) mass is 265 g/mol. The highest BCUT2D eigenvalue weighted by molar-refractivity contribution is 5.51. The van der Waals surface area contributed by atoms with E-state index in [4.69, 9.17) is 4.74 Å². The third kappa shape index (κ3) is 3.29. The molecule has 0 aliphatic heterocycles. The summed E-state index contributed by atoms with van der Waals surface area (Å²) in [6, 6.07) is 18.1. The average molecular weight is 265 g/mol. The molecule has 0 amide bonds. The number of benzene rings is 2. The first kappa shape index (κ1) is 13.9. The standard InChI is InChI=1S/C18H19NO/c1-4-14(2)18(15-8-6-5-7-9-15)19-16-10-12-17(20-3)13-11-16/h4-13,18-19H,1-2H2,3H3. The molecule has 0 spiro atoms. The molecule has 102 valence electrons. The van der Waals surface area contributed by atoms with Crippen molar-refractivity contribution in [3.8, 4) is 5.75 Å². The third-order valence-electron chi connectivity index (χ3n) is 3.17. The second-order valence-corrected chi connectivity index (χ2v) is 4.50. The fourth-order valence-corrected chi connectivity index (χ4v) is 2.01. The lowest BCUT2D eigenvalue weighted by atomic mass is 9.99. The fraction of sp³-hybridized carbons (Fsp3) is 0.111. The van der Waals surface area contributed by atoms with Crippen LogP contribution in [-0.4, -0.2) is 7.11 Å². The Morgan fingerprint density at radius 1 is 1.10 bits per heavy atom. The fourth-order valence-electron chi connectivity index (χ4n) is 2.01. The van der Waals surface area contributed by atoms with Gasteiger partial charge in [-0.25, -0.2) is 0 Å². The van der Waals surface area contributed by atoms with Gasteiger partial charge in [-0.1, -0.05) is 49.6 Å². The van der Waals surface area contributed by atoms with E-state index in [1.54, 1.807) is 13.2 Å². The summed E-state index contributed by atoms with van der Waals surface area (Å²) >= 11 is 0. The van der Waals surface area contributed by atoms with Crippen LogP contribution in [0.25, 0.3) is 0 Å². The zero-order valence-corrected chi connectivity index (χ0v) is 11.7. The van der Waals surface area contributed by atoms with Gasteiger partial charge in [-0.05, 0) is 35.4 Å². The third-order valence-corrected chi connectivity index (χ3v) is 3.17. The van der Waals surface area contributed by atoms with Crippen molar-refractivity contribution in [1.29, 1.82) is 0 Å². The molecule has 0 fully saturated rings. The Morgan fingerprint density at radius 3 is 2.30 bits per heavy atom. The molecular weight excluding hydrogens is 246 g/mol. The summed E-state index contributed by atoms with van der Waals surface area (Å²) in [7, 11) is 1.66. The predicted octanol–water partition coefficient (Wildman–Crippen LogP) is 4.59. The Kier molecular flexibility index (Phi) is 4.61. The molecule has 2 nitrogen and oxygen atoms in total. The van der Waals surface area contributed by atoms with Crippen molar-refractivity contribution in [1.82, 2.24) is 0 Å². The van der Waals surface area contributed by atoms with Gasteiger partial charge >= 0.3 is 0 Å². The van der Waals surface area contributed by atoms with Crippen LogP contribution in [0.3, 0.4) is 0 Å². The molecule has 0 radical (unpaired) electrons. The van der Waals surface area contributed by atoms with E-state index in [0.717, 1.165) is 22.6 Å². The summed E-state index contributed by atoms with van der Waals surface area (Å²) in [5.74, 6) is 0.842. The highest BCUT2D eigenvalue weighted by atomic mass is 16.5. The quantitative estimate of drug-likeness (QED) is 0.771. The van der Waals surface area contributed by atoms with E-state index in [9.17, 15) is 0 Å². The summed E-state index contributed by atoms with van der Waals surface area (Å²) in [6.45, 7) is 7.89. The van der Waals surface area contributed by atoms with E-state index in [0.29, 0.717) is 0 Å². The molecule has 1 atom stereocenters. The predicted molar refractivity (Wildman–Crippen MR) is 85.1 cm³/mol. The molecule has 2 aromatic carbocycles. The normalized spacial score (nSPS) is 11.4. The molecule has 0 saturated carbocycles. The lowest BCUT2D eigenvalue weighted by molar-refractivity contribution is 0.415. The molecule has 20 heavy (non-hydrogen) atoms. The first-order valence-electron chi connectivity index (χ1n) is 6.51. The van der Waals surface area contributed by atoms with Gasteiger partial charge in [0.2, 0.25) is 0 Å². The van der Waals surface area contributed by atoms with Crippen LogP contribution in [0.5, 0.6) is 5.75 Å². The summed E-state index contributed by atoms with van der Waals surface area (Å²) < 4.78 is 5.17. The molecule has 0 bridgehead atoms. The van der Waals surface area contributed by atoms with Gasteiger partial charge in [-0.2, -0.15) is 0 Å². The number of methoxy groups -OCH3 is 1. The minimum Gasteiger partial charge on any atom is -0.497 e. The molecule has 0 aliphatic carbocycles. The summed E-state index contributed by atoms with van der Waals surface area (Å²) in [5, 5.41) is 3.47. The van der Waals surface area contributed by atoms with E-state index in [2.05, 4.69) is 30.6 Å². The molecule has 1 N–H and O–H groups in total. The maximum absolute atomic E-state index is 5.17. The molecule has 0 heterocycles. The van der Waals surface area contributed by atoms with Gasteiger partial charge in [0.1, 0.15) is 5.75 Å². The summed E-state index contributed by atoms with van der Waals surface area (Å²) in [4.78, 5) is 0. The zero-order valence-electron chi connectivity index (χ0n) is 11.7. The van der Waals surface area contributed by atoms with E-state index < -0.39 is 0 Å². The van der Waals surface area contributed by atoms with Gasteiger partial charge in [-0.15, -0.1) is 0 Å².